The Kier molecular flexibility index (Phi) is 6.50. The van der Waals surface area contributed by atoms with Gasteiger partial charge in [-0.25, -0.2) is 22.2 Å². The van der Waals surface area contributed by atoms with Crippen LogP contribution in [0.5, 0.6) is 0 Å². The smallest absolute Gasteiger partial charge is 0.268 e. The monoisotopic (exact) mass is 510 g/mol. The first-order chi connectivity index (χ1) is 16.0. The number of nitrogens with zero attached hydrogens (tertiary/aromatic N) is 3. The van der Waals surface area contributed by atoms with E-state index < -0.39 is 48.9 Å². The highest BCUT2D eigenvalue weighted by Crippen LogP contribution is 2.42. The lowest BCUT2D eigenvalue weighted by atomic mass is 9.88. The number of benzene rings is 2. The van der Waals surface area contributed by atoms with Gasteiger partial charge in [-0.05, 0) is 38.2 Å². The van der Waals surface area contributed by atoms with Crippen LogP contribution in [0.15, 0.2) is 59.5 Å². The maximum absolute atomic E-state index is 15.2. The quantitative estimate of drug-likeness (QED) is 0.387. The lowest BCUT2D eigenvalue weighted by Gasteiger charge is -2.37. The number of nitrogens with one attached hydrogen (secondary N) is 1. The van der Waals surface area contributed by atoms with E-state index in [4.69, 9.17) is 11.6 Å². The van der Waals surface area contributed by atoms with Crippen LogP contribution in [0, 0.1) is 17.6 Å². The summed E-state index contributed by atoms with van der Waals surface area (Å²) in [4.78, 5) is 5.89. The molecule has 1 saturated heterocycles. The fourth-order valence-electron chi connectivity index (χ4n) is 4.30. The molecule has 0 radical (unpaired) electrons. The van der Waals surface area contributed by atoms with Crippen molar-refractivity contribution in [1.29, 1.82) is 0 Å². The Morgan fingerprint density at radius 2 is 1.79 bits per heavy atom. The standard InChI is InChI=1S/C23H22ClF3N4O2S/c1-30(2)23(15-7-4-3-5-8-15)11-12-31(14-23)17-13-16(25)22(21(27)20(17)24)34(32,33)29-19-10-6-9-18(26)28-19/h3-10,13H,11-12,14H2,1-2H3,(H,28,29)/t23-/m1/s1. The minimum atomic E-state index is -4.77. The molecule has 0 amide bonds. The number of rotatable bonds is 6. The van der Waals surface area contributed by atoms with E-state index in [9.17, 15) is 12.8 Å². The third-order valence-corrected chi connectivity index (χ3v) is 7.82. The van der Waals surface area contributed by atoms with Gasteiger partial charge in [0, 0.05) is 19.2 Å². The second kappa shape index (κ2) is 9.09. The summed E-state index contributed by atoms with van der Waals surface area (Å²) in [5.74, 6) is -4.12. The van der Waals surface area contributed by atoms with Gasteiger partial charge in [0.25, 0.3) is 10.0 Å². The SMILES string of the molecule is CN(C)[C@]1(c2ccccc2)CCN(c2cc(F)c(S(=O)(=O)Nc3cccc(F)n3)c(F)c2Cl)C1. The molecule has 1 atom stereocenters. The third-order valence-electron chi connectivity index (χ3n) is 6.08. The Hall–Kier alpha value is -2.82. The number of likely N-dealkylation sites (N-methyl/N-ethyl adjacent to an activating group) is 1. The summed E-state index contributed by atoms with van der Waals surface area (Å²) in [6, 6.07) is 14.0. The highest BCUT2D eigenvalue weighted by Gasteiger charge is 2.43. The normalized spacial score (nSPS) is 18.5. The average Bonchev–Trinajstić information content (AvgIpc) is 3.23. The predicted molar refractivity (Wildman–Crippen MR) is 125 cm³/mol. The largest absolute Gasteiger partial charge is 0.368 e. The maximum atomic E-state index is 15.2. The van der Waals surface area contributed by atoms with Crippen molar-refractivity contribution in [3.63, 3.8) is 0 Å². The van der Waals surface area contributed by atoms with E-state index in [2.05, 4.69) is 9.88 Å². The van der Waals surface area contributed by atoms with Crippen LogP contribution < -0.4 is 9.62 Å². The van der Waals surface area contributed by atoms with Crippen molar-refractivity contribution in [3.8, 4) is 0 Å². The van der Waals surface area contributed by atoms with Crippen LogP contribution >= 0.6 is 11.6 Å². The molecule has 4 rings (SSSR count). The van der Waals surface area contributed by atoms with Gasteiger partial charge in [0.1, 0.15) is 16.7 Å². The van der Waals surface area contributed by atoms with E-state index in [1.807, 2.05) is 49.1 Å². The topological polar surface area (TPSA) is 65.5 Å². The van der Waals surface area contributed by atoms with Crippen LogP contribution in [-0.4, -0.2) is 45.5 Å². The van der Waals surface area contributed by atoms with Crippen molar-refractivity contribution >= 4 is 33.1 Å². The Morgan fingerprint density at radius 3 is 2.44 bits per heavy atom. The van der Waals surface area contributed by atoms with E-state index in [0.717, 1.165) is 23.8 Å². The number of pyridine rings is 1. The molecule has 0 spiro atoms. The lowest BCUT2D eigenvalue weighted by molar-refractivity contribution is 0.176. The van der Waals surface area contributed by atoms with Crippen LogP contribution in [-0.2, 0) is 15.6 Å². The fraction of sp³-hybridized carbons (Fsp3) is 0.261. The molecule has 1 aromatic heterocycles. The molecule has 0 saturated carbocycles. The average molecular weight is 511 g/mol. The molecule has 0 unspecified atom stereocenters. The molecule has 2 heterocycles. The van der Waals surface area contributed by atoms with Crippen molar-refractivity contribution in [3.05, 3.63) is 82.8 Å². The van der Waals surface area contributed by atoms with Crippen LogP contribution in [0.25, 0.3) is 0 Å². The van der Waals surface area contributed by atoms with Gasteiger partial charge in [0.05, 0.1) is 11.2 Å². The molecule has 0 aliphatic carbocycles. The molecule has 0 bridgehead atoms. The molecule has 3 aromatic rings. The van der Waals surface area contributed by atoms with Crippen molar-refractivity contribution in [2.45, 2.75) is 16.9 Å². The first-order valence-corrected chi connectivity index (χ1v) is 12.2. The molecule has 2 aromatic carbocycles. The zero-order valence-corrected chi connectivity index (χ0v) is 20.0. The van der Waals surface area contributed by atoms with E-state index in [1.165, 1.54) is 6.07 Å². The molecule has 11 heteroatoms. The molecular formula is C23H22ClF3N4O2S. The highest BCUT2D eigenvalue weighted by molar-refractivity contribution is 7.92. The Labute approximate surface area is 201 Å². The van der Waals surface area contributed by atoms with Crippen LogP contribution in [0.4, 0.5) is 24.7 Å². The molecular weight excluding hydrogens is 489 g/mol. The molecule has 1 aliphatic heterocycles. The van der Waals surface area contributed by atoms with Gasteiger partial charge in [-0.2, -0.15) is 4.39 Å². The maximum Gasteiger partial charge on any atom is 0.268 e. The van der Waals surface area contributed by atoms with Gasteiger partial charge in [0.15, 0.2) is 10.7 Å². The number of sulfonamides is 1. The van der Waals surface area contributed by atoms with Gasteiger partial charge in [-0.15, -0.1) is 0 Å². The van der Waals surface area contributed by atoms with Crippen LogP contribution in [0.3, 0.4) is 0 Å². The predicted octanol–water partition coefficient (Wildman–Crippen LogP) is 4.62. The van der Waals surface area contributed by atoms with E-state index in [-0.39, 0.29) is 5.69 Å². The van der Waals surface area contributed by atoms with Crippen LogP contribution in [0.2, 0.25) is 5.02 Å². The highest BCUT2D eigenvalue weighted by atomic mass is 35.5. The van der Waals surface area contributed by atoms with Gasteiger partial charge < -0.3 is 4.90 Å². The second-order valence-corrected chi connectivity index (χ2v) is 10.2. The zero-order chi connectivity index (χ0) is 24.7. The van der Waals surface area contributed by atoms with Crippen molar-refractivity contribution in [2.75, 3.05) is 36.8 Å². The van der Waals surface area contributed by atoms with Crippen molar-refractivity contribution < 1.29 is 21.6 Å². The van der Waals surface area contributed by atoms with Crippen molar-refractivity contribution in [1.82, 2.24) is 9.88 Å². The molecule has 6 nitrogen and oxygen atoms in total. The Balaban J connectivity index is 1.69. The summed E-state index contributed by atoms with van der Waals surface area (Å²) in [7, 11) is -0.911. The molecule has 1 aliphatic rings. The summed E-state index contributed by atoms with van der Waals surface area (Å²) in [5.41, 5.74) is 0.678. The Bertz CT molecular complexity index is 1330. The summed E-state index contributed by atoms with van der Waals surface area (Å²) in [6.07, 6.45) is 0.663. The minimum Gasteiger partial charge on any atom is -0.368 e. The van der Waals surface area contributed by atoms with E-state index in [0.29, 0.717) is 19.5 Å². The third kappa shape index (κ3) is 4.33. The van der Waals surface area contributed by atoms with Crippen molar-refractivity contribution in [2.24, 2.45) is 0 Å². The van der Waals surface area contributed by atoms with Gasteiger partial charge in [-0.3, -0.25) is 9.62 Å². The number of hydrogen-bond acceptors (Lipinski definition) is 5. The first kappa shape index (κ1) is 24.3. The van der Waals surface area contributed by atoms with Gasteiger partial charge in [0.2, 0.25) is 5.95 Å². The number of aromatic nitrogens is 1. The van der Waals surface area contributed by atoms with Gasteiger partial charge in [-0.1, -0.05) is 48.0 Å². The Morgan fingerprint density at radius 1 is 1.09 bits per heavy atom. The van der Waals surface area contributed by atoms with Gasteiger partial charge >= 0.3 is 0 Å². The van der Waals surface area contributed by atoms with E-state index >= 15 is 8.78 Å². The summed E-state index contributed by atoms with van der Waals surface area (Å²) >= 11 is 6.24. The molecule has 1 fully saturated rings. The molecule has 1 N–H and O–H groups in total. The minimum absolute atomic E-state index is 0.0548. The lowest BCUT2D eigenvalue weighted by Crippen LogP contribution is -2.44. The number of halogens is 4. The summed E-state index contributed by atoms with van der Waals surface area (Å²) < 4.78 is 70.8. The van der Waals surface area contributed by atoms with Crippen LogP contribution in [0.1, 0.15) is 12.0 Å². The second-order valence-electron chi connectivity index (χ2n) is 8.25. The molecule has 180 valence electrons. The summed E-state index contributed by atoms with van der Waals surface area (Å²) in [6.45, 7) is 0.837. The molecule has 34 heavy (non-hydrogen) atoms. The fourth-order valence-corrected chi connectivity index (χ4v) is 5.77. The summed E-state index contributed by atoms with van der Waals surface area (Å²) in [5, 5.41) is -0.517. The number of anilines is 2. The number of hydrogen-bond donors (Lipinski definition) is 1. The first-order valence-electron chi connectivity index (χ1n) is 10.4. The zero-order valence-electron chi connectivity index (χ0n) is 18.4. The van der Waals surface area contributed by atoms with E-state index in [1.54, 1.807) is 4.90 Å².